The minimum atomic E-state index is -0.386. The van der Waals surface area contributed by atoms with Gasteiger partial charge in [0.25, 0.3) is 0 Å². The van der Waals surface area contributed by atoms with Crippen molar-refractivity contribution in [3.05, 3.63) is 60.4 Å². The van der Waals surface area contributed by atoms with Gasteiger partial charge in [0.1, 0.15) is 0 Å². The predicted octanol–water partition coefficient (Wildman–Crippen LogP) is 1.52. The van der Waals surface area contributed by atoms with Crippen molar-refractivity contribution < 1.29 is 9.90 Å². The molecule has 3 N–H and O–H groups in total. The number of aromatic nitrogens is 1. The summed E-state index contributed by atoms with van der Waals surface area (Å²) in [5.74, 6) is 0. The molecular formula is C15H19N3O2. The third-order valence-corrected chi connectivity index (χ3v) is 3.01. The summed E-state index contributed by atoms with van der Waals surface area (Å²) in [6, 6.07) is 12.6. The van der Waals surface area contributed by atoms with E-state index in [2.05, 4.69) is 10.6 Å². The van der Waals surface area contributed by atoms with Gasteiger partial charge >= 0.3 is 6.03 Å². The topological polar surface area (TPSA) is 66.3 Å². The molecule has 0 aliphatic heterocycles. The van der Waals surface area contributed by atoms with E-state index in [0.29, 0.717) is 6.54 Å². The van der Waals surface area contributed by atoms with Crippen molar-refractivity contribution >= 4 is 6.03 Å². The van der Waals surface area contributed by atoms with E-state index in [9.17, 15) is 9.90 Å². The van der Waals surface area contributed by atoms with Crippen LogP contribution in [0, 0.1) is 0 Å². The van der Waals surface area contributed by atoms with Gasteiger partial charge in [-0.3, -0.25) is 0 Å². The van der Waals surface area contributed by atoms with Crippen molar-refractivity contribution in [1.29, 1.82) is 0 Å². The standard InChI is InChI=1S/C15H19N3O2/c19-12-14(13-6-2-1-3-7-13)17-15(20)16-8-11-18-9-4-5-10-18/h1-7,9-10,14,19H,8,11-12H2,(H2,16,17,20). The molecule has 106 valence electrons. The average Bonchev–Trinajstić information content (AvgIpc) is 2.99. The second kappa shape index (κ2) is 7.35. The molecule has 2 aromatic rings. The monoisotopic (exact) mass is 273 g/mol. The van der Waals surface area contributed by atoms with Gasteiger partial charge in [-0.25, -0.2) is 4.79 Å². The molecule has 5 nitrogen and oxygen atoms in total. The highest BCUT2D eigenvalue weighted by molar-refractivity contribution is 5.74. The van der Waals surface area contributed by atoms with Crippen LogP contribution in [0.15, 0.2) is 54.9 Å². The summed E-state index contributed by atoms with van der Waals surface area (Å²) in [6.45, 7) is 1.12. The van der Waals surface area contributed by atoms with E-state index >= 15 is 0 Å². The van der Waals surface area contributed by atoms with Crippen molar-refractivity contribution in [3.63, 3.8) is 0 Å². The van der Waals surface area contributed by atoms with Crippen LogP contribution in [0.4, 0.5) is 4.79 Å². The first-order chi connectivity index (χ1) is 9.79. The fourth-order valence-corrected chi connectivity index (χ4v) is 1.95. The second-order valence-corrected chi connectivity index (χ2v) is 4.47. The molecule has 0 bridgehead atoms. The van der Waals surface area contributed by atoms with Crippen LogP contribution < -0.4 is 10.6 Å². The zero-order valence-corrected chi connectivity index (χ0v) is 11.2. The summed E-state index contributed by atoms with van der Waals surface area (Å²) >= 11 is 0. The molecule has 0 aliphatic carbocycles. The first-order valence-corrected chi connectivity index (χ1v) is 6.60. The number of rotatable bonds is 6. The maximum absolute atomic E-state index is 11.8. The smallest absolute Gasteiger partial charge is 0.315 e. The Bertz CT molecular complexity index is 511. The van der Waals surface area contributed by atoms with Crippen molar-refractivity contribution in [2.75, 3.05) is 13.2 Å². The van der Waals surface area contributed by atoms with Gasteiger partial charge in [-0.1, -0.05) is 30.3 Å². The summed E-state index contributed by atoms with van der Waals surface area (Å²) in [5.41, 5.74) is 0.885. The highest BCUT2D eigenvalue weighted by Crippen LogP contribution is 2.10. The Morgan fingerprint density at radius 1 is 1.15 bits per heavy atom. The van der Waals surface area contributed by atoms with E-state index in [-0.39, 0.29) is 18.7 Å². The van der Waals surface area contributed by atoms with Crippen molar-refractivity contribution in [2.24, 2.45) is 0 Å². The number of hydrogen-bond acceptors (Lipinski definition) is 2. The quantitative estimate of drug-likeness (QED) is 0.747. The van der Waals surface area contributed by atoms with Gasteiger partial charge in [0, 0.05) is 25.5 Å². The molecule has 0 radical (unpaired) electrons. The zero-order chi connectivity index (χ0) is 14.2. The van der Waals surface area contributed by atoms with Crippen molar-refractivity contribution in [1.82, 2.24) is 15.2 Å². The lowest BCUT2D eigenvalue weighted by molar-refractivity contribution is 0.216. The number of aliphatic hydroxyl groups is 1. The number of benzene rings is 1. The van der Waals surface area contributed by atoms with E-state index in [4.69, 9.17) is 0 Å². The number of aliphatic hydroxyl groups excluding tert-OH is 1. The Labute approximate surface area is 118 Å². The predicted molar refractivity (Wildman–Crippen MR) is 77.2 cm³/mol. The molecule has 0 aliphatic rings. The van der Waals surface area contributed by atoms with Crippen LogP contribution in [0.2, 0.25) is 0 Å². The molecule has 1 heterocycles. The fourth-order valence-electron chi connectivity index (χ4n) is 1.95. The Morgan fingerprint density at radius 3 is 2.50 bits per heavy atom. The molecule has 0 saturated heterocycles. The van der Waals surface area contributed by atoms with Gasteiger partial charge in [-0.05, 0) is 17.7 Å². The number of nitrogens with one attached hydrogen (secondary N) is 2. The van der Waals surface area contributed by atoms with E-state index in [0.717, 1.165) is 12.1 Å². The van der Waals surface area contributed by atoms with Gasteiger partial charge in [0.15, 0.2) is 0 Å². The highest BCUT2D eigenvalue weighted by Gasteiger charge is 2.12. The minimum Gasteiger partial charge on any atom is -0.394 e. The number of nitrogens with zero attached hydrogens (tertiary/aromatic N) is 1. The van der Waals surface area contributed by atoms with E-state index in [1.165, 1.54) is 0 Å². The van der Waals surface area contributed by atoms with E-state index < -0.39 is 0 Å². The Balaban J connectivity index is 1.78. The number of carbonyl (C=O) groups is 1. The SMILES string of the molecule is O=C(NCCn1cccc1)NC(CO)c1ccccc1. The van der Waals surface area contributed by atoms with Crippen LogP contribution in [-0.2, 0) is 6.54 Å². The summed E-state index contributed by atoms with van der Waals surface area (Å²) in [4.78, 5) is 11.8. The lowest BCUT2D eigenvalue weighted by Crippen LogP contribution is -2.40. The van der Waals surface area contributed by atoms with Crippen LogP contribution in [0.25, 0.3) is 0 Å². The number of urea groups is 1. The van der Waals surface area contributed by atoms with Gasteiger partial charge in [0.05, 0.1) is 12.6 Å². The molecular weight excluding hydrogens is 254 g/mol. The van der Waals surface area contributed by atoms with E-state index in [1.54, 1.807) is 0 Å². The minimum absolute atomic E-state index is 0.130. The van der Waals surface area contributed by atoms with Crippen LogP contribution in [0.1, 0.15) is 11.6 Å². The molecule has 0 spiro atoms. The maximum Gasteiger partial charge on any atom is 0.315 e. The molecule has 0 saturated carbocycles. The molecule has 20 heavy (non-hydrogen) atoms. The number of carbonyl (C=O) groups excluding carboxylic acids is 1. The van der Waals surface area contributed by atoms with Gasteiger partial charge in [0.2, 0.25) is 0 Å². The Hall–Kier alpha value is -2.27. The molecule has 0 fully saturated rings. The normalized spacial score (nSPS) is 11.8. The second-order valence-electron chi connectivity index (χ2n) is 4.47. The largest absolute Gasteiger partial charge is 0.394 e. The summed E-state index contributed by atoms with van der Waals surface area (Å²) < 4.78 is 1.99. The first kappa shape index (κ1) is 14.1. The Morgan fingerprint density at radius 2 is 1.85 bits per heavy atom. The lowest BCUT2D eigenvalue weighted by Gasteiger charge is -2.17. The van der Waals surface area contributed by atoms with Crippen LogP contribution in [0.5, 0.6) is 0 Å². The van der Waals surface area contributed by atoms with Crippen molar-refractivity contribution in [3.8, 4) is 0 Å². The molecule has 1 atom stereocenters. The zero-order valence-electron chi connectivity index (χ0n) is 11.2. The van der Waals surface area contributed by atoms with Gasteiger partial charge in [-0.15, -0.1) is 0 Å². The van der Waals surface area contributed by atoms with E-state index in [1.807, 2.05) is 59.4 Å². The Kier molecular flexibility index (Phi) is 5.20. The summed E-state index contributed by atoms with van der Waals surface area (Å²) in [6.07, 6.45) is 3.89. The number of amides is 2. The highest BCUT2D eigenvalue weighted by atomic mass is 16.3. The molecule has 2 rings (SSSR count). The van der Waals surface area contributed by atoms with Crippen LogP contribution in [0.3, 0.4) is 0 Å². The third-order valence-electron chi connectivity index (χ3n) is 3.01. The molecule has 5 heteroatoms. The van der Waals surface area contributed by atoms with Crippen LogP contribution in [-0.4, -0.2) is 28.9 Å². The molecule has 1 aromatic carbocycles. The van der Waals surface area contributed by atoms with Crippen LogP contribution >= 0.6 is 0 Å². The van der Waals surface area contributed by atoms with Crippen molar-refractivity contribution in [2.45, 2.75) is 12.6 Å². The van der Waals surface area contributed by atoms with Gasteiger partial charge < -0.3 is 20.3 Å². The molecule has 2 amide bonds. The summed E-state index contributed by atoms with van der Waals surface area (Å²) in [7, 11) is 0. The lowest BCUT2D eigenvalue weighted by atomic mass is 10.1. The first-order valence-electron chi connectivity index (χ1n) is 6.60. The fraction of sp³-hybridized carbons (Fsp3) is 0.267. The molecule has 1 unspecified atom stereocenters. The number of hydrogen-bond donors (Lipinski definition) is 3. The average molecular weight is 273 g/mol. The maximum atomic E-state index is 11.8. The third kappa shape index (κ3) is 4.13. The van der Waals surface area contributed by atoms with Gasteiger partial charge in [-0.2, -0.15) is 0 Å². The molecule has 1 aromatic heterocycles. The summed E-state index contributed by atoms with van der Waals surface area (Å²) in [5, 5.41) is 14.9.